The number of ether oxygens (including phenoxy) is 4. The van der Waals surface area contributed by atoms with Crippen molar-refractivity contribution in [2.75, 3.05) is 27.1 Å². The molecule has 0 spiro atoms. The number of hydrogen-bond acceptors (Lipinski definition) is 7. The molecule has 0 bridgehead atoms. The first-order valence-electron chi connectivity index (χ1n) is 10.6. The average molecular weight is 476 g/mol. The summed E-state index contributed by atoms with van der Waals surface area (Å²) in [5, 5.41) is 10.0. The molecule has 0 unspecified atom stereocenters. The number of rotatable bonds is 7. The van der Waals surface area contributed by atoms with Crippen molar-refractivity contribution in [1.29, 1.82) is 0 Å². The third-order valence-corrected chi connectivity index (χ3v) is 5.63. The molecule has 0 aliphatic rings. The first kappa shape index (κ1) is 23.5. The van der Waals surface area contributed by atoms with Gasteiger partial charge in [-0.3, -0.25) is 4.79 Å². The van der Waals surface area contributed by atoms with E-state index in [1.54, 1.807) is 60.7 Å². The Morgan fingerprint density at radius 2 is 1.69 bits per heavy atom. The number of aromatic nitrogens is 1. The number of methoxy groups -OCH3 is 3. The minimum atomic E-state index is -1.61. The van der Waals surface area contributed by atoms with Crippen molar-refractivity contribution in [3.05, 3.63) is 76.6 Å². The fourth-order valence-electron chi connectivity index (χ4n) is 4.08. The van der Waals surface area contributed by atoms with Crippen molar-refractivity contribution >= 4 is 22.7 Å². The van der Waals surface area contributed by atoms with Crippen molar-refractivity contribution in [3.63, 3.8) is 0 Å². The molecule has 3 aromatic carbocycles. The minimum absolute atomic E-state index is 0.0680. The van der Waals surface area contributed by atoms with Crippen LogP contribution in [-0.2, 0) is 6.54 Å². The maximum Gasteiger partial charge on any atom is 0.511 e. The van der Waals surface area contributed by atoms with Crippen LogP contribution in [0.5, 0.6) is 23.0 Å². The zero-order valence-electron chi connectivity index (χ0n) is 19.4. The molecule has 3 N–H and O–H groups in total. The van der Waals surface area contributed by atoms with Crippen LogP contribution in [0.15, 0.2) is 65.5 Å². The zero-order chi connectivity index (χ0) is 25.1. The van der Waals surface area contributed by atoms with Crippen molar-refractivity contribution in [1.82, 2.24) is 4.57 Å². The summed E-state index contributed by atoms with van der Waals surface area (Å²) in [6.07, 6.45) is -1.61. The van der Waals surface area contributed by atoms with Gasteiger partial charge >= 0.3 is 6.16 Å². The molecule has 0 fully saturated rings. The molecule has 4 rings (SSSR count). The number of carbonyl (C=O) groups is 1. The molecular weight excluding hydrogens is 452 g/mol. The highest BCUT2D eigenvalue weighted by Crippen LogP contribution is 2.38. The summed E-state index contributed by atoms with van der Waals surface area (Å²) in [4.78, 5) is 25.3. The van der Waals surface area contributed by atoms with E-state index >= 15 is 0 Å². The van der Waals surface area contributed by atoms with Gasteiger partial charge in [0.15, 0.2) is 11.5 Å². The van der Waals surface area contributed by atoms with Crippen LogP contribution >= 0.6 is 0 Å². The summed E-state index contributed by atoms with van der Waals surface area (Å²) in [6, 6.07) is 17.3. The highest BCUT2D eigenvalue weighted by Gasteiger charge is 2.23. The number of carboxylic acid groups (broad SMARTS) is 1. The molecule has 0 saturated heterocycles. The van der Waals surface area contributed by atoms with Gasteiger partial charge < -0.3 is 34.4 Å². The molecule has 1 aromatic heterocycles. The van der Waals surface area contributed by atoms with Crippen molar-refractivity contribution in [2.24, 2.45) is 0 Å². The highest BCUT2D eigenvalue weighted by molar-refractivity contribution is 6.00. The predicted molar refractivity (Wildman–Crippen MR) is 132 cm³/mol. The van der Waals surface area contributed by atoms with E-state index in [9.17, 15) is 14.7 Å². The van der Waals surface area contributed by atoms with Crippen LogP contribution in [0.25, 0.3) is 22.0 Å². The van der Waals surface area contributed by atoms with Gasteiger partial charge in [-0.15, -0.1) is 0 Å². The van der Waals surface area contributed by atoms with E-state index in [4.69, 9.17) is 24.7 Å². The second-order valence-corrected chi connectivity index (χ2v) is 7.62. The van der Waals surface area contributed by atoms with Gasteiger partial charge in [-0.2, -0.15) is 0 Å². The number of para-hydroxylation sites is 1. The molecule has 180 valence electrons. The van der Waals surface area contributed by atoms with Crippen molar-refractivity contribution in [2.45, 2.75) is 6.54 Å². The Labute approximate surface area is 200 Å². The Balaban J connectivity index is 2.04. The predicted octanol–water partition coefficient (Wildman–Crippen LogP) is 4.38. The first-order chi connectivity index (χ1) is 16.9. The summed E-state index contributed by atoms with van der Waals surface area (Å²) in [5.74, 6) is 1.24. The number of nitrogen functional groups attached to an aromatic ring is 1. The Bertz CT molecular complexity index is 1460. The number of nitrogens with zero attached hydrogens (tertiary/aromatic N) is 1. The van der Waals surface area contributed by atoms with Crippen LogP contribution in [0, 0.1) is 0 Å². The SMILES string of the molecule is COc1ccc(-c2c(OC(=O)O)c(=O)n(Cc3cccc(OC)c3OC)c3ccc(N)cc23)cc1. The molecular formula is C26H24N2O7. The maximum absolute atomic E-state index is 13.7. The lowest BCUT2D eigenvalue weighted by Gasteiger charge is -2.19. The highest BCUT2D eigenvalue weighted by atomic mass is 16.7. The minimum Gasteiger partial charge on any atom is -0.497 e. The van der Waals surface area contributed by atoms with Gasteiger partial charge in [0.1, 0.15) is 5.75 Å². The van der Waals surface area contributed by atoms with E-state index in [1.165, 1.54) is 25.9 Å². The molecule has 9 nitrogen and oxygen atoms in total. The number of hydrogen-bond donors (Lipinski definition) is 2. The van der Waals surface area contributed by atoms with Gasteiger partial charge in [0.2, 0.25) is 5.75 Å². The summed E-state index contributed by atoms with van der Waals surface area (Å²) < 4.78 is 22.6. The molecule has 35 heavy (non-hydrogen) atoms. The quantitative estimate of drug-likeness (QED) is 0.298. The summed E-state index contributed by atoms with van der Waals surface area (Å²) in [5.41, 5.74) is 7.99. The van der Waals surface area contributed by atoms with Crippen LogP contribution < -0.4 is 30.2 Å². The first-order valence-corrected chi connectivity index (χ1v) is 10.6. The van der Waals surface area contributed by atoms with Gasteiger partial charge in [0.05, 0.1) is 33.4 Å². The van der Waals surface area contributed by atoms with Crippen molar-refractivity contribution in [3.8, 4) is 34.1 Å². The smallest absolute Gasteiger partial charge is 0.497 e. The lowest BCUT2D eigenvalue weighted by atomic mass is 9.99. The monoisotopic (exact) mass is 476 g/mol. The second-order valence-electron chi connectivity index (χ2n) is 7.62. The van der Waals surface area contributed by atoms with Gasteiger partial charge in [-0.05, 0) is 42.0 Å². The van der Waals surface area contributed by atoms with Gasteiger partial charge in [-0.1, -0.05) is 24.3 Å². The van der Waals surface area contributed by atoms with E-state index < -0.39 is 11.7 Å². The molecule has 9 heteroatoms. The van der Waals surface area contributed by atoms with Gasteiger partial charge in [-0.25, -0.2) is 4.79 Å². The summed E-state index contributed by atoms with van der Waals surface area (Å²) in [7, 11) is 4.57. The van der Waals surface area contributed by atoms with Crippen molar-refractivity contribution < 1.29 is 28.8 Å². The number of benzene rings is 3. The maximum atomic E-state index is 13.7. The van der Waals surface area contributed by atoms with E-state index in [2.05, 4.69) is 0 Å². The fourth-order valence-corrected chi connectivity index (χ4v) is 4.08. The zero-order valence-corrected chi connectivity index (χ0v) is 19.4. The summed E-state index contributed by atoms with van der Waals surface area (Å²) in [6.45, 7) is 0.0680. The topological polar surface area (TPSA) is 122 Å². The van der Waals surface area contributed by atoms with Crippen LogP contribution in [0.3, 0.4) is 0 Å². The Morgan fingerprint density at radius 1 is 0.943 bits per heavy atom. The average Bonchev–Trinajstić information content (AvgIpc) is 2.86. The van der Waals surface area contributed by atoms with Gasteiger partial charge in [0, 0.05) is 22.2 Å². The van der Waals surface area contributed by atoms with E-state index in [0.717, 1.165) is 0 Å². The molecule has 0 atom stereocenters. The van der Waals surface area contributed by atoms with Crippen LogP contribution in [0.2, 0.25) is 0 Å². The Kier molecular flexibility index (Phi) is 6.50. The molecule has 0 radical (unpaired) electrons. The lowest BCUT2D eigenvalue weighted by molar-refractivity contribution is 0.144. The molecule has 0 saturated carbocycles. The fraction of sp³-hybridized carbons (Fsp3) is 0.154. The normalized spacial score (nSPS) is 10.7. The summed E-state index contributed by atoms with van der Waals surface area (Å²) >= 11 is 0. The molecule has 0 aliphatic carbocycles. The molecule has 0 amide bonds. The lowest BCUT2D eigenvalue weighted by Crippen LogP contribution is -2.25. The number of pyridine rings is 1. The largest absolute Gasteiger partial charge is 0.511 e. The van der Waals surface area contributed by atoms with Crippen LogP contribution in [-0.4, -0.2) is 37.2 Å². The van der Waals surface area contributed by atoms with Crippen LogP contribution in [0.1, 0.15) is 5.56 Å². The molecule has 0 aliphatic heterocycles. The number of nitrogens with two attached hydrogens (primary N) is 1. The molecule has 1 heterocycles. The standard InChI is InChI=1S/C26H24N2O7/c1-32-18-10-7-15(8-11-18)22-19-13-17(27)9-12-20(19)28(25(29)24(22)35-26(30)31)14-16-5-4-6-21(33-2)23(16)34-3/h4-13H,14,27H2,1-3H3,(H,30,31). The van der Waals surface area contributed by atoms with Crippen LogP contribution in [0.4, 0.5) is 10.5 Å². The van der Waals surface area contributed by atoms with E-state index in [1.807, 2.05) is 0 Å². The second kappa shape index (κ2) is 9.68. The third kappa shape index (κ3) is 4.43. The van der Waals surface area contributed by atoms with E-state index in [-0.39, 0.29) is 12.3 Å². The van der Waals surface area contributed by atoms with E-state index in [0.29, 0.717) is 50.5 Å². The number of anilines is 1. The molecule has 4 aromatic rings. The van der Waals surface area contributed by atoms with Gasteiger partial charge in [0.25, 0.3) is 5.56 Å². The third-order valence-electron chi connectivity index (χ3n) is 5.63. The Morgan fingerprint density at radius 3 is 2.31 bits per heavy atom. The Hall–Kier alpha value is -4.66. The number of fused-ring (bicyclic) bond motifs is 1.